The van der Waals surface area contributed by atoms with Gasteiger partial charge in [-0.2, -0.15) is 0 Å². The number of nitrogens with one attached hydrogen (secondary N) is 2. The van der Waals surface area contributed by atoms with E-state index in [1.807, 2.05) is 24.4 Å². The lowest BCUT2D eigenvalue weighted by Gasteiger charge is -2.03. The lowest BCUT2D eigenvalue weighted by molar-refractivity contribution is -0.121. The minimum atomic E-state index is 0.0729. The molecule has 0 unspecified atom stereocenters. The number of hydrogen-bond donors (Lipinski definition) is 2. The Labute approximate surface area is 120 Å². The third kappa shape index (κ3) is 2.88. The van der Waals surface area contributed by atoms with E-state index in [-0.39, 0.29) is 5.91 Å². The second-order valence-electron chi connectivity index (χ2n) is 4.60. The molecule has 0 aliphatic heterocycles. The van der Waals surface area contributed by atoms with Crippen molar-refractivity contribution in [3.05, 3.63) is 52.6 Å². The van der Waals surface area contributed by atoms with E-state index in [1.54, 1.807) is 23.0 Å². The lowest BCUT2D eigenvalue weighted by atomic mass is 10.1. The van der Waals surface area contributed by atoms with Crippen LogP contribution in [-0.4, -0.2) is 15.9 Å². The van der Waals surface area contributed by atoms with Gasteiger partial charge >= 0.3 is 0 Å². The van der Waals surface area contributed by atoms with Gasteiger partial charge in [0.1, 0.15) is 0 Å². The number of hydrogen-bond acceptors (Lipinski definition) is 3. The maximum atomic E-state index is 11.8. The number of thiazole rings is 1. The van der Waals surface area contributed by atoms with Gasteiger partial charge in [-0.3, -0.25) is 9.78 Å². The second-order valence-corrected chi connectivity index (χ2v) is 5.57. The highest BCUT2D eigenvalue weighted by Gasteiger charge is 2.06. The van der Waals surface area contributed by atoms with E-state index in [9.17, 15) is 4.79 Å². The van der Waals surface area contributed by atoms with Crippen LogP contribution in [0.25, 0.3) is 10.9 Å². The van der Waals surface area contributed by atoms with Crippen molar-refractivity contribution in [2.75, 3.05) is 0 Å². The van der Waals surface area contributed by atoms with Crippen LogP contribution in [0.3, 0.4) is 0 Å². The first-order chi connectivity index (χ1) is 9.83. The number of nitrogens with zero attached hydrogens (tertiary/aromatic N) is 1. The Morgan fingerprint density at radius 1 is 1.35 bits per heavy atom. The molecule has 2 N–H and O–H groups in total. The first-order valence-corrected chi connectivity index (χ1v) is 7.40. The normalized spacial score (nSPS) is 10.8. The molecule has 1 amide bonds. The van der Waals surface area contributed by atoms with Crippen molar-refractivity contribution in [2.45, 2.75) is 19.4 Å². The van der Waals surface area contributed by atoms with Gasteiger partial charge in [-0.05, 0) is 18.1 Å². The highest BCUT2D eigenvalue weighted by atomic mass is 32.1. The van der Waals surface area contributed by atoms with Gasteiger partial charge in [-0.25, -0.2) is 0 Å². The topological polar surface area (TPSA) is 57.8 Å². The number of H-pyrrole nitrogens is 1. The van der Waals surface area contributed by atoms with Crippen molar-refractivity contribution in [1.29, 1.82) is 0 Å². The van der Waals surface area contributed by atoms with Gasteiger partial charge in [0.05, 0.1) is 12.1 Å². The van der Waals surface area contributed by atoms with Crippen LogP contribution in [0.15, 0.2) is 42.2 Å². The molecule has 3 rings (SSSR count). The molecule has 2 heterocycles. The number of para-hydroxylation sites is 1. The van der Waals surface area contributed by atoms with Crippen molar-refractivity contribution in [1.82, 2.24) is 15.3 Å². The smallest absolute Gasteiger partial charge is 0.220 e. The van der Waals surface area contributed by atoms with Crippen LogP contribution >= 0.6 is 11.3 Å². The molecule has 0 aliphatic carbocycles. The molecule has 0 bridgehead atoms. The van der Waals surface area contributed by atoms with Crippen molar-refractivity contribution in [3.8, 4) is 0 Å². The molecule has 5 heteroatoms. The molecule has 0 aliphatic rings. The van der Waals surface area contributed by atoms with E-state index >= 15 is 0 Å². The summed E-state index contributed by atoms with van der Waals surface area (Å²) in [6.45, 7) is 0.567. The Morgan fingerprint density at radius 2 is 2.25 bits per heavy atom. The van der Waals surface area contributed by atoms with E-state index < -0.39 is 0 Å². The third-order valence-corrected chi connectivity index (χ3v) is 4.02. The fourth-order valence-electron chi connectivity index (χ4n) is 2.19. The SMILES string of the molecule is O=C(CCc1c[nH]c2ccccc12)NCc1cncs1. The number of aromatic nitrogens is 2. The zero-order chi connectivity index (χ0) is 13.8. The molecule has 0 atom stereocenters. The summed E-state index contributed by atoms with van der Waals surface area (Å²) in [6, 6.07) is 8.15. The summed E-state index contributed by atoms with van der Waals surface area (Å²) in [6.07, 6.45) is 5.02. The minimum absolute atomic E-state index is 0.0729. The summed E-state index contributed by atoms with van der Waals surface area (Å²) in [7, 11) is 0. The quantitative estimate of drug-likeness (QED) is 0.757. The van der Waals surface area contributed by atoms with Crippen molar-refractivity contribution in [3.63, 3.8) is 0 Å². The number of fused-ring (bicyclic) bond motifs is 1. The van der Waals surface area contributed by atoms with E-state index in [1.165, 1.54) is 10.9 Å². The molecule has 1 aromatic carbocycles. The van der Waals surface area contributed by atoms with E-state index in [4.69, 9.17) is 0 Å². The van der Waals surface area contributed by atoms with Gasteiger partial charge in [0.25, 0.3) is 0 Å². The Hall–Kier alpha value is -2.14. The average molecular weight is 285 g/mol. The number of rotatable bonds is 5. The molecule has 0 fully saturated rings. The molecule has 0 spiro atoms. The number of carbonyl (C=O) groups excluding carboxylic acids is 1. The van der Waals surface area contributed by atoms with Crippen LogP contribution in [0, 0.1) is 0 Å². The third-order valence-electron chi connectivity index (χ3n) is 3.24. The average Bonchev–Trinajstić information content (AvgIpc) is 3.12. The van der Waals surface area contributed by atoms with Crippen LogP contribution in [0.4, 0.5) is 0 Å². The van der Waals surface area contributed by atoms with E-state index in [0.717, 1.165) is 16.8 Å². The van der Waals surface area contributed by atoms with E-state index in [2.05, 4.69) is 21.4 Å². The molecular formula is C15H15N3OS. The molecule has 0 saturated carbocycles. The van der Waals surface area contributed by atoms with Crippen LogP contribution in [0.5, 0.6) is 0 Å². The molecule has 2 aromatic heterocycles. The summed E-state index contributed by atoms with van der Waals surface area (Å²) in [5, 5.41) is 4.11. The van der Waals surface area contributed by atoms with Crippen LogP contribution < -0.4 is 5.32 Å². The highest BCUT2D eigenvalue weighted by molar-refractivity contribution is 7.09. The van der Waals surface area contributed by atoms with Crippen molar-refractivity contribution in [2.24, 2.45) is 0 Å². The standard InChI is InChI=1S/C15H15N3OS/c19-15(18-9-12-8-16-10-20-12)6-5-11-7-17-14-4-2-1-3-13(11)14/h1-4,7-8,10,17H,5-6,9H2,(H,18,19). The largest absolute Gasteiger partial charge is 0.361 e. The zero-order valence-corrected chi connectivity index (χ0v) is 11.7. The maximum Gasteiger partial charge on any atom is 0.220 e. The Morgan fingerprint density at radius 3 is 3.10 bits per heavy atom. The fraction of sp³-hybridized carbons (Fsp3) is 0.200. The summed E-state index contributed by atoms with van der Waals surface area (Å²) in [5.74, 6) is 0.0729. The predicted octanol–water partition coefficient (Wildman–Crippen LogP) is 2.87. The summed E-state index contributed by atoms with van der Waals surface area (Å²) in [5.41, 5.74) is 4.08. The van der Waals surface area contributed by atoms with E-state index in [0.29, 0.717) is 13.0 Å². The highest BCUT2D eigenvalue weighted by Crippen LogP contribution is 2.18. The van der Waals surface area contributed by atoms with Gasteiger partial charge in [-0.1, -0.05) is 18.2 Å². The number of aromatic amines is 1. The van der Waals surface area contributed by atoms with Gasteiger partial charge < -0.3 is 10.3 Å². The van der Waals surface area contributed by atoms with Crippen LogP contribution in [0.2, 0.25) is 0 Å². The monoisotopic (exact) mass is 285 g/mol. The molecule has 0 saturated heterocycles. The van der Waals surface area contributed by atoms with Gasteiger partial charge in [-0.15, -0.1) is 11.3 Å². The second kappa shape index (κ2) is 5.88. The zero-order valence-electron chi connectivity index (χ0n) is 10.9. The maximum absolute atomic E-state index is 11.8. The van der Waals surface area contributed by atoms with Gasteiger partial charge in [0, 0.05) is 34.6 Å². The summed E-state index contributed by atoms with van der Waals surface area (Å²) < 4.78 is 0. The summed E-state index contributed by atoms with van der Waals surface area (Å²) in [4.78, 5) is 20.1. The number of benzene rings is 1. The Kier molecular flexibility index (Phi) is 3.78. The molecule has 0 radical (unpaired) electrons. The Balaban J connectivity index is 1.55. The number of amides is 1. The molecule has 102 valence electrons. The number of carbonyl (C=O) groups is 1. The summed E-state index contributed by atoms with van der Waals surface area (Å²) >= 11 is 1.55. The van der Waals surface area contributed by atoms with Crippen LogP contribution in [-0.2, 0) is 17.8 Å². The number of aryl methyl sites for hydroxylation is 1. The molecule has 4 nitrogen and oxygen atoms in total. The first-order valence-electron chi connectivity index (χ1n) is 6.52. The van der Waals surface area contributed by atoms with Crippen LogP contribution in [0.1, 0.15) is 16.9 Å². The van der Waals surface area contributed by atoms with Gasteiger partial charge in [0.15, 0.2) is 0 Å². The van der Waals surface area contributed by atoms with Crippen molar-refractivity contribution >= 4 is 28.1 Å². The van der Waals surface area contributed by atoms with Gasteiger partial charge in [0.2, 0.25) is 5.91 Å². The lowest BCUT2D eigenvalue weighted by Crippen LogP contribution is -2.22. The predicted molar refractivity (Wildman–Crippen MR) is 80.6 cm³/mol. The molecule has 3 aromatic rings. The Bertz CT molecular complexity index is 703. The molecular weight excluding hydrogens is 270 g/mol. The fourth-order valence-corrected chi connectivity index (χ4v) is 2.72. The van der Waals surface area contributed by atoms with Crippen molar-refractivity contribution < 1.29 is 4.79 Å². The molecule has 20 heavy (non-hydrogen) atoms. The first kappa shape index (κ1) is 12.9. The minimum Gasteiger partial charge on any atom is -0.361 e.